The molecule has 0 aliphatic carbocycles. The predicted molar refractivity (Wildman–Crippen MR) is 59.5 cm³/mol. The molecule has 1 amide bonds. The molecule has 0 saturated carbocycles. The largest absolute Gasteiger partial charge is 0.391 e. The number of amides is 1. The van der Waals surface area contributed by atoms with Crippen LogP contribution in [0, 0.1) is 5.92 Å². The van der Waals surface area contributed by atoms with E-state index < -0.39 is 0 Å². The first kappa shape index (κ1) is 12.5. The maximum absolute atomic E-state index is 11.7. The monoisotopic (exact) mass is 214 g/mol. The molecule has 1 rings (SSSR count). The van der Waals surface area contributed by atoms with Crippen LogP contribution in [-0.2, 0) is 4.79 Å². The lowest BCUT2D eigenvalue weighted by molar-refractivity contribution is -0.134. The molecule has 2 N–H and O–H groups in total. The van der Waals surface area contributed by atoms with Crippen LogP contribution in [0.4, 0.5) is 0 Å². The predicted octanol–water partition coefficient (Wildman–Crippen LogP) is 0.215. The van der Waals surface area contributed by atoms with Gasteiger partial charge in [0.1, 0.15) is 0 Å². The molecule has 0 aromatic carbocycles. The number of carbonyl (C=O) groups excluding carboxylic acids is 1. The van der Waals surface area contributed by atoms with Gasteiger partial charge in [-0.2, -0.15) is 0 Å². The number of carbonyl (C=O) groups is 1. The summed E-state index contributed by atoms with van der Waals surface area (Å²) >= 11 is 0. The number of nitrogens with zero attached hydrogens (tertiary/aromatic N) is 1. The molecule has 0 bridgehead atoms. The number of likely N-dealkylation sites (tertiary alicyclic amines) is 1. The second kappa shape index (κ2) is 6.08. The molecule has 0 aromatic heterocycles. The van der Waals surface area contributed by atoms with Crippen molar-refractivity contribution in [2.24, 2.45) is 5.92 Å². The summed E-state index contributed by atoms with van der Waals surface area (Å²) in [4.78, 5) is 13.4. The van der Waals surface area contributed by atoms with E-state index in [0.717, 1.165) is 25.9 Å². The van der Waals surface area contributed by atoms with Crippen LogP contribution >= 0.6 is 0 Å². The van der Waals surface area contributed by atoms with E-state index in [2.05, 4.69) is 12.2 Å². The average molecular weight is 214 g/mol. The maximum atomic E-state index is 11.7. The Morgan fingerprint density at radius 2 is 2.33 bits per heavy atom. The average Bonchev–Trinajstić information content (AvgIpc) is 2.22. The zero-order valence-electron chi connectivity index (χ0n) is 9.70. The Bertz CT molecular complexity index is 209. The summed E-state index contributed by atoms with van der Waals surface area (Å²) in [6.07, 6.45) is 1.59. The summed E-state index contributed by atoms with van der Waals surface area (Å²) in [7, 11) is 0. The molecule has 1 heterocycles. The topological polar surface area (TPSA) is 52.6 Å². The summed E-state index contributed by atoms with van der Waals surface area (Å²) in [5, 5.41) is 12.7. The van der Waals surface area contributed by atoms with Crippen LogP contribution in [0.3, 0.4) is 0 Å². The number of hydrogen-bond acceptors (Lipinski definition) is 3. The van der Waals surface area contributed by atoms with Crippen LogP contribution in [0.1, 0.15) is 26.7 Å². The van der Waals surface area contributed by atoms with Crippen molar-refractivity contribution in [3.63, 3.8) is 0 Å². The molecule has 1 aliphatic rings. The van der Waals surface area contributed by atoms with Crippen molar-refractivity contribution in [2.45, 2.75) is 32.8 Å². The van der Waals surface area contributed by atoms with Crippen molar-refractivity contribution < 1.29 is 9.90 Å². The van der Waals surface area contributed by atoms with Gasteiger partial charge in [-0.25, -0.2) is 0 Å². The van der Waals surface area contributed by atoms with Gasteiger partial charge in [0, 0.05) is 13.1 Å². The molecule has 0 aromatic rings. The molecule has 1 fully saturated rings. The standard InChI is InChI=1S/C11H22N2O2/c1-3-5-12-7-11(15)13-6-4-9(2)10(14)8-13/h9-10,12,14H,3-8H2,1-2H3. The number of piperidine rings is 1. The lowest BCUT2D eigenvalue weighted by Gasteiger charge is -2.34. The van der Waals surface area contributed by atoms with Crippen molar-refractivity contribution in [3.8, 4) is 0 Å². The van der Waals surface area contributed by atoms with Crippen LogP contribution in [0.15, 0.2) is 0 Å². The Hall–Kier alpha value is -0.610. The van der Waals surface area contributed by atoms with Crippen molar-refractivity contribution in [1.29, 1.82) is 0 Å². The zero-order valence-corrected chi connectivity index (χ0v) is 9.70. The van der Waals surface area contributed by atoms with Gasteiger partial charge in [0.25, 0.3) is 0 Å². The molecule has 4 heteroatoms. The van der Waals surface area contributed by atoms with Crippen LogP contribution in [0.25, 0.3) is 0 Å². The molecule has 0 radical (unpaired) electrons. The van der Waals surface area contributed by atoms with Crippen LogP contribution in [0.2, 0.25) is 0 Å². The molecular weight excluding hydrogens is 192 g/mol. The van der Waals surface area contributed by atoms with Gasteiger partial charge in [0.05, 0.1) is 12.6 Å². The molecule has 88 valence electrons. The lowest BCUT2D eigenvalue weighted by atomic mass is 9.96. The van der Waals surface area contributed by atoms with Gasteiger partial charge >= 0.3 is 0 Å². The summed E-state index contributed by atoms with van der Waals surface area (Å²) in [6, 6.07) is 0. The Morgan fingerprint density at radius 1 is 1.60 bits per heavy atom. The van der Waals surface area contributed by atoms with E-state index >= 15 is 0 Å². The SMILES string of the molecule is CCCNCC(=O)N1CCC(C)C(O)C1. The summed E-state index contributed by atoms with van der Waals surface area (Å²) < 4.78 is 0. The quantitative estimate of drug-likeness (QED) is 0.658. The number of aliphatic hydroxyl groups is 1. The molecule has 15 heavy (non-hydrogen) atoms. The molecule has 4 nitrogen and oxygen atoms in total. The van der Waals surface area contributed by atoms with Crippen LogP contribution < -0.4 is 5.32 Å². The molecule has 0 spiro atoms. The summed E-state index contributed by atoms with van der Waals surface area (Å²) in [5.41, 5.74) is 0. The smallest absolute Gasteiger partial charge is 0.236 e. The van der Waals surface area contributed by atoms with Crippen LogP contribution in [0.5, 0.6) is 0 Å². The van der Waals surface area contributed by atoms with E-state index in [9.17, 15) is 9.90 Å². The minimum absolute atomic E-state index is 0.106. The van der Waals surface area contributed by atoms with Crippen LogP contribution in [-0.4, -0.2) is 48.2 Å². The van der Waals surface area contributed by atoms with E-state index in [1.807, 2.05) is 6.92 Å². The maximum Gasteiger partial charge on any atom is 0.236 e. The highest BCUT2D eigenvalue weighted by Crippen LogP contribution is 2.16. The second-order valence-electron chi connectivity index (χ2n) is 4.35. The number of β-amino-alcohol motifs (C(OH)–C–C–N with tert-alkyl or cyclic N) is 1. The van der Waals surface area contributed by atoms with E-state index in [1.54, 1.807) is 4.90 Å². The third-order valence-corrected chi connectivity index (χ3v) is 2.97. The second-order valence-corrected chi connectivity index (χ2v) is 4.35. The van der Waals surface area contributed by atoms with E-state index in [0.29, 0.717) is 19.0 Å². The van der Waals surface area contributed by atoms with Crippen molar-refractivity contribution >= 4 is 5.91 Å². The number of rotatable bonds is 4. The zero-order chi connectivity index (χ0) is 11.3. The van der Waals surface area contributed by atoms with Gasteiger partial charge < -0.3 is 15.3 Å². The third-order valence-electron chi connectivity index (χ3n) is 2.97. The Labute approximate surface area is 91.6 Å². The Balaban J connectivity index is 2.28. The minimum atomic E-state index is -0.353. The lowest BCUT2D eigenvalue weighted by Crippen LogP contribution is -2.48. The highest BCUT2D eigenvalue weighted by atomic mass is 16.3. The number of hydrogen-bond donors (Lipinski definition) is 2. The van der Waals surface area contributed by atoms with Crippen molar-refractivity contribution in [2.75, 3.05) is 26.2 Å². The first-order valence-electron chi connectivity index (χ1n) is 5.81. The van der Waals surface area contributed by atoms with E-state index in [1.165, 1.54) is 0 Å². The summed E-state index contributed by atoms with van der Waals surface area (Å²) in [5.74, 6) is 0.423. The minimum Gasteiger partial charge on any atom is -0.391 e. The fourth-order valence-corrected chi connectivity index (χ4v) is 1.76. The van der Waals surface area contributed by atoms with Gasteiger partial charge in [-0.15, -0.1) is 0 Å². The van der Waals surface area contributed by atoms with E-state index in [-0.39, 0.29) is 12.0 Å². The fraction of sp³-hybridized carbons (Fsp3) is 0.909. The van der Waals surface area contributed by atoms with Gasteiger partial charge in [-0.05, 0) is 25.3 Å². The molecule has 2 unspecified atom stereocenters. The Kier molecular flexibility index (Phi) is 5.05. The van der Waals surface area contributed by atoms with Crippen molar-refractivity contribution in [3.05, 3.63) is 0 Å². The first-order chi connectivity index (χ1) is 7.15. The highest BCUT2D eigenvalue weighted by molar-refractivity contribution is 5.78. The number of aliphatic hydroxyl groups excluding tert-OH is 1. The molecule has 2 atom stereocenters. The van der Waals surface area contributed by atoms with Crippen molar-refractivity contribution in [1.82, 2.24) is 10.2 Å². The first-order valence-corrected chi connectivity index (χ1v) is 5.81. The van der Waals surface area contributed by atoms with Gasteiger partial charge in [0.15, 0.2) is 0 Å². The Morgan fingerprint density at radius 3 is 2.93 bits per heavy atom. The molecule has 1 saturated heterocycles. The van der Waals surface area contributed by atoms with E-state index in [4.69, 9.17) is 0 Å². The molecule has 1 aliphatic heterocycles. The van der Waals surface area contributed by atoms with Gasteiger partial charge in [0.2, 0.25) is 5.91 Å². The summed E-state index contributed by atoms with van der Waals surface area (Å²) in [6.45, 7) is 6.65. The number of nitrogens with one attached hydrogen (secondary N) is 1. The third kappa shape index (κ3) is 3.80. The van der Waals surface area contributed by atoms with Gasteiger partial charge in [-0.1, -0.05) is 13.8 Å². The normalized spacial score (nSPS) is 26.7. The van der Waals surface area contributed by atoms with Gasteiger partial charge in [-0.3, -0.25) is 4.79 Å². The molecular formula is C11H22N2O2. The highest BCUT2D eigenvalue weighted by Gasteiger charge is 2.26. The fourth-order valence-electron chi connectivity index (χ4n) is 1.76.